The van der Waals surface area contributed by atoms with Gasteiger partial charge in [-0.15, -0.1) is 0 Å². The van der Waals surface area contributed by atoms with Gasteiger partial charge in [-0.05, 0) is 32.1 Å². The number of nitrogens with one attached hydrogen (secondary N) is 2. The van der Waals surface area contributed by atoms with Gasteiger partial charge < -0.3 is 20.8 Å². The van der Waals surface area contributed by atoms with Gasteiger partial charge in [-0.25, -0.2) is 0 Å². The van der Waals surface area contributed by atoms with Crippen LogP contribution in [0.1, 0.15) is 16.8 Å². The van der Waals surface area contributed by atoms with Crippen LogP contribution in [0.25, 0.3) is 0 Å². The van der Waals surface area contributed by atoms with Crippen molar-refractivity contribution in [1.29, 1.82) is 0 Å². The van der Waals surface area contributed by atoms with Crippen molar-refractivity contribution in [3.05, 3.63) is 23.8 Å². The van der Waals surface area contributed by atoms with Gasteiger partial charge in [0.15, 0.2) is 0 Å². The molecule has 0 unspecified atom stereocenters. The first-order chi connectivity index (χ1) is 7.63. The number of benzene rings is 1. The highest BCUT2D eigenvalue weighted by Crippen LogP contribution is 2.20. The van der Waals surface area contributed by atoms with E-state index in [2.05, 4.69) is 10.6 Å². The van der Waals surface area contributed by atoms with Crippen molar-refractivity contribution < 1.29 is 15.0 Å². The van der Waals surface area contributed by atoms with Gasteiger partial charge in [0, 0.05) is 18.2 Å². The number of amides is 1. The van der Waals surface area contributed by atoms with Crippen LogP contribution in [0.4, 0.5) is 0 Å². The fourth-order valence-corrected chi connectivity index (χ4v) is 1.30. The molecule has 0 aliphatic rings. The molecule has 1 rings (SSSR count). The van der Waals surface area contributed by atoms with Gasteiger partial charge in [0.2, 0.25) is 0 Å². The summed E-state index contributed by atoms with van der Waals surface area (Å²) in [5.74, 6) is -0.553. The molecule has 0 aromatic heterocycles. The van der Waals surface area contributed by atoms with E-state index < -0.39 is 0 Å². The quantitative estimate of drug-likeness (QED) is 0.547. The standard InChI is InChI=1S/C11H16N2O3/c1-12-3-2-4-13-11(16)8-5-9(14)7-10(15)6-8/h5-7,12,14-15H,2-4H2,1H3,(H,13,16). The Morgan fingerprint density at radius 2 is 1.81 bits per heavy atom. The van der Waals surface area contributed by atoms with Crippen LogP contribution in [-0.4, -0.2) is 36.3 Å². The molecule has 88 valence electrons. The second-order valence-corrected chi connectivity index (χ2v) is 3.45. The minimum absolute atomic E-state index is 0.125. The Balaban J connectivity index is 2.52. The fraction of sp³-hybridized carbons (Fsp3) is 0.364. The summed E-state index contributed by atoms with van der Waals surface area (Å²) >= 11 is 0. The summed E-state index contributed by atoms with van der Waals surface area (Å²) < 4.78 is 0. The van der Waals surface area contributed by atoms with E-state index in [1.54, 1.807) is 0 Å². The number of rotatable bonds is 5. The molecule has 0 saturated heterocycles. The fourth-order valence-electron chi connectivity index (χ4n) is 1.30. The first-order valence-corrected chi connectivity index (χ1v) is 5.09. The van der Waals surface area contributed by atoms with E-state index >= 15 is 0 Å². The van der Waals surface area contributed by atoms with Crippen LogP contribution in [0.5, 0.6) is 11.5 Å². The summed E-state index contributed by atoms with van der Waals surface area (Å²) in [6.45, 7) is 1.38. The highest BCUT2D eigenvalue weighted by atomic mass is 16.3. The van der Waals surface area contributed by atoms with Crippen LogP contribution in [0.2, 0.25) is 0 Å². The molecule has 0 spiro atoms. The zero-order valence-electron chi connectivity index (χ0n) is 9.16. The van der Waals surface area contributed by atoms with Crippen molar-refractivity contribution in [3.8, 4) is 11.5 Å². The molecule has 5 heteroatoms. The lowest BCUT2D eigenvalue weighted by Crippen LogP contribution is -2.26. The Kier molecular flexibility index (Phi) is 4.60. The zero-order chi connectivity index (χ0) is 12.0. The maximum atomic E-state index is 11.6. The minimum Gasteiger partial charge on any atom is -0.508 e. The van der Waals surface area contributed by atoms with E-state index in [-0.39, 0.29) is 23.0 Å². The van der Waals surface area contributed by atoms with Gasteiger partial charge in [-0.1, -0.05) is 0 Å². The lowest BCUT2D eigenvalue weighted by atomic mass is 10.2. The number of hydrogen-bond donors (Lipinski definition) is 4. The molecule has 0 aliphatic heterocycles. The third-order valence-corrected chi connectivity index (χ3v) is 2.05. The monoisotopic (exact) mass is 224 g/mol. The molecule has 0 fully saturated rings. The van der Waals surface area contributed by atoms with Gasteiger partial charge in [0.05, 0.1) is 0 Å². The third-order valence-electron chi connectivity index (χ3n) is 2.05. The van der Waals surface area contributed by atoms with E-state index in [1.807, 2.05) is 7.05 Å². The van der Waals surface area contributed by atoms with Crippen molar-refractivity contribution in [2.45, 2.75) is 6.42 Å². The smallest absolute Gasteiger partial charge is 0.251 e. The summed E-state index contributed by atoms with van der Waals surface area (Å²) in [5, 5.41) is 24.1. The number of carbonyl (C=O) groups excluding carboxylic acids is 1. The summed E-state index contributed by atoms with van der Waals surface area (Å²) in [4.78, 5) is 11.6. The zero-order valence-corrected chi connectivity index (χ0v) is 9.16. The van der Waals surface area contributed by atoms with Crippen molar-refractivity contribution in [1.82, 2.24) is 10.6 Å². The molecular weight excluding hydrogens is 208 g/mol. The second kappa shape index (κ2) is 5.97. The number of aromatic hydroxyl groups is 2. The van der Waals surface area contributed by atoms with E-state index in [0.29, 0.717) is 6.54 Å². The summed E-state index contributed by atoms with van der Waals surface area (Å²) in [5.41, 5.74) is 0.252. The average Bonchev–Trinajstić information content (AvgIpc) is 2.22. The van der Waals surface area contributed by atoms with Gasteiger partial charge in [-0.2, -0.15) is 0 Å². The van der Waals surface area contributed by atoms with E-state index in [9.17, 15) is 15.0 Å². The molecule has 0 saturated carbocycles. The number of hydrogen-bond acceptors (Lipinski definition) is 4. The first kappa shape index (κ1) is 12.3. The lowest BCUT2D eigenvalue weighted by Gasteiger charge is -2.05. The predicted octanol–water partition coefficient (Wildman–Crippen LogP) is 0.437. The maximum Gasteiger partial charge on any atom is 0.251 e. The summed E-state index contributed by atoms with van der Waals surface area (Å²) in [6, 6.07) is 3.80. The third kappa shape index (κ3) is 3.78. The highest BCUT2D eigenvalue weighted by molar-refractivity contribution is 5.94. The average molecular weight is 224 g/mol. The van der Waals surface area contributed by atoms with Gasteiger partial charge >= 0.3 is 0 Å². The van der Waals surface area contributed by atoms with Crippen molar-refractivity contribution >= 4 is 5.91 Å². The van der Waals surface area contributed by atoms with Crippen LogP contribution >= 0.6 is 0 Å². The van der Waals surface area contributed by atoms with Gasteiger partial charge in [0.25, 0.3) is 5.91 Å². The highest BCUT2D eigenvalue weighted by Gasteiger charge is 2.07. The minimum atomic E-state index is -0.303. The Morgan fingerprint density at radius 1 is 1.19 bits per heavy atom. The Morgan fingerprint density at radius 3 is 2.38 bits per heavy atom. The van der Waals surface area contributed by atoms with Crippen LogP contribution < -0.4 is 10.6 Å². The predicted molar refractivity (Wildman–Crippen MR) is 60.6 cm³/mol. The van der Waals surface area contributed by atoms with E-state index in [4.69, 9.17) is 0 Å². The molecule has 0 atom stereocenters. The van der Waals surface area contributed by atoms with Crippen molar-refractivity contribution in [2.75, 3.05) is 20.1 Å². The second-order valence-electron chi connectivity index (χ2n) is 3.45. The maximum absolute atomic E-state index is 11.6. The molecule has 1 aromatic carbocycles. The van der Waals surface area contributed by atoms with Crippen molar-refractivity contribution in [2.24, 2.45) is 0 Å². The summed E-state index contributed by atoms with van der Waals surface area (Å²) in [7, 11) is 1.84. The normalized spacial score (nSPS) is 10.1. The van der Waals surface area contributed by atoms with Crippen molar-refractivity contribution in [3.63, 3.8) is 0 Å². The van der Waals surface area contributed by atoms with Crippen LogP contribution in [0.15, 0.2) is 18.2 Å². The van der Waals surface area contributed by atoms with E-state index in [1.165, 1.54) is 18.2 Å². The van der Waals surface area contributed by atoms with Crippen LogP contribution in [-0.2, 0) is 0 Å². The topological polar surface area (TPSA) is 81.6 Å². The molecule has 0 bridgehead atoms. The SMILES string of the molecule is CNCCCNC(=O)c1cc(O)cc(O)c1. The molecule has 0 radical (unpaired) electrons. The first-order valence-electron chi connectivity index (χ1n) is 5.09. The number of phenols is 2. The van der Waals surface area contributed by atoms with Gasteiger partial charge in [0.1, 0.15) is 11.5 Å². The lowest BCUT2D eigenvalue weighted by molar-refractivity contribution is 0.0952. The summed E-state index contributed by atoms with van der Waals surface area (Å²) in [6.07, 6.45) is 0.826. The number of phenolic OH excluding ortho intramolecular Hbond substituents is 2. The molecule has 4 N–H and O–H groups in total. The Labute approximate surface area is 94.1 Å². The largest absolute Gasteiger partial charge is 0.508 e. The molecule has 16 heavy (non-hydrogen) atoms. The van der Waals surface area contributed by atoms with Crippen LogP contribution in [0.3, 0.4) is 0 Å². The number of carbonyl (C=O) groups is 1. The Bertz CT molecular complexity index is 346. The van der Waals surface area contributed by atoms with Crippen LogP contribution in [0, 0.1) is 0 Å². The van der Waals surface area contributed by atoms with E-state index in [0.717, 1.165) is 13.0 Å². The Hall–Kier alpha value is -1.75. The molecule has 0 heterocycles. The van der Waals surface area contributed by atoms with Gasteiger partial charge in [-0.3, -0.25) is 4.79 Å². The molecular formula is C11H16N2O3. The molecule has 1 aromatic rings. The molecule has 5 nitrogen and oxygen atoms in total. The molecule has 0 aliphatic carbocycles. The molecule has 1 amide bonds.